The van der Waals surface area contributed by atoms with Crippen molar-refractivity contribution in [2.45, 2.75) is 6.92 Å². The first-order chi connectivity index (χ1) is 22.2. The van der Waals surface area contributed by atoms with Crippen LogP contribution in [0, 0.1) is 5.92 Å². The van der Waals surface area contributed by atoms with Crippen molar-refractivity contribution in [2.75, 3.05) is 0 Å². The largest absolute Gasteiger partial charge is 0.292 e. The Bertz CT molecular complexity index is 2270. The molecule has 2 nitrogen and oxygen atoms in total. The summed E-state index contributed by atoms with van der Waals surface area (Å²) in [5.74, 6) is 1.29. The van der Waals surface area contributed by atoms with E-state index in [9.17, 15) is 0 Å². The van der Waals surface area contributed by atoms with Crippen LogP contribution in [0.4, 0.5) is 0 Å². The van der Waals surface area contributed by atoms with Gasteiger partial charge in [-0.05, 0) is 79.6 Å². The van der Waals surface area contributed by atoms with Crippen molar-refractivity contribution in [1.82, 2.24) is 9.55 Å². The maximum Gasteiger partial charge on any atom is 0.145 e. The lowest BCUT2D eigenvalue weighted by atomic mass is 9.85. The number of aromatic nitrogens is 2. The van der Waals surface area contributed by atoms with Crippen LogP contribution in [0.2, 0.25) is 0 Å². The van der Waals surface area contributed by atoms with E-state index >= 15 is 0 Å². The second-order valence-corrected chi connectivity index (χ2v) is 11.7. The monoisotopic (exact) mass is 576 g/mol. The molecule has 6 aromatic carbocycles. The van der Waals surface area contributed by atoms with E-state index in [2.05, 4.69) is 164 Å². The summed E-state index contributed by atoms with van der Waals surface area (Å²) < 4.78 is 2.25. The van der Waals surface area contributed by atoms with Crippen LogP contribution in [0.1, 0.15) is 12.5 Å². The number of benzene rings is 6. The van der Waals surface area contributed by atoms with E-state index in [-0.39, 0.29) is 0 Å². The second-order valence-electron chi connectivity index (χ2n) is 11.7. The topological polar surface area (TPSA) is 17.8 Å². The molecule has 7 aromatic rings. The van der Waals surface area contributed by atoms with Crippen LogP contribution in [0.3, 0.4) is 0 Å². The number of fused-ring (bicyclic) bond motifs is 3. The van der Waals surface area contributed by atoms with Gasteiger partial charge in [-0.25, -0.2) is 4.98 Å². The number of nitrogens with zero attached hydrogens (tertiary/aromatic N) is 2. The minimum absolute atomic E-state index is 0.358. The van der Waals surface area contributed by atoms with Crippen molar-refractivity contribution in [2.24, 2.45) is 5.92 Å². The molecule has 1 unspecified atom stereocenters. The van der Waals surface area contributed by atoms with Crippen molar-refractivity contribution < 1.29 is 0 Å². The van der Waals surface area contributed by atoms with Crippen molar-refractivity contribution >= 4 is 38.2 Å². The van der Waals surface area contributed by atoms with E-state index in [0.29, 0.717) is 5.92 Å². The minimum atomic E-state index is 0.358. The van der Waals surface area contributed by atoms with Gasteiger partial charge >= 0.3 is 0 Å². The van der Waals surface area contributed by atoms with Gasteiger partial charge in [-0.2, -0.15) is 0 Å². The van der Waals surface area contributed by atoms with Crippen LogP contribution in [-0.4, -0.2) is 9.55 Å². The average molecular weight is 577 g/mol. The van der Waals surface area contributed by atoms with Gasteiger partial charge in [0.2, 0.25) is 0 Å². The first kappa shape index (κ1) is 26.9. The van der Waals surface area contributed by atoms with Crippen LogP contribution >= 0.6 is 0 Å². The van der Waals surface area contributed by atoms with Gasteiger partial charge in [0.1, 0.15) is 5.82 Å². The number of hydrogen-bond donors (Lipinski definition) is 0. The fourth-order valence-electron chi connectivity index (χ4n) is 6.74. The van der Waals surface area contributed by atoms with Crippen molar-refractivity contribution in [3.8, 4) is 28.2 Å². The maximum absolute atomic E-state index is 5.08. The molecule has 0 spiro atoms. The average Bonchev–Trinajstić information content (AvgIpc) is 3.48. The van der Waals surface area contributed by atoms with Crippen LogP contribution in [0.15, 0.2) is 170 Å². The highest BCUT2D eigenvalue weighted by Crippen LogP contribution is 2.42. The van der Waals surface area contributed by atoms with Crippen molar-refractivity contribution in [1.29, 1.82) is 0 Å². The van der Waals surface area contributed by atoms with Gasteiger partial charge in [0.05, 0.1) is 11.0 Å². The fraction of sp³-hybridized carbons (Fsp3) is 0.0465. The molecule has 0 fully saturated rings. The zero-order valence-corrected chi connectivity index (χ0v) is 25.2. The smallest absolute Gasteiger partial charge is 0.145 e. The molecule has 8 rings (SSSR count). The van der Waals surface area contributed by atoms with E-state index in [4.69, 9.17) is 4.98 Å². The summed E-state index contributed by atoms with van der Waals surface area (Å²) in [6.45, 7) is 6.84. The first-order valence-corrected chi connectivity index (χ1v) is 15.5. The lowest BCUT2D eigenvalue weighted by Crippen LogP contribution is -1.98. The summed E-state index contributed by atoms with van der Waals surface area (Å²) in [7, 11) is 0. The third kappa shape index (κ3) is 4.63. The van der Waals surface area contributed by atoms with Gasteiger partial charge < -0.3 is 0 Å². The Labute approximate surface area is 263 Å². The molecule has 1 aliphatic carbocycles. The van der Waals surface area contributed by atoms with E-state index in [1.807, 2.05) is 12.1 Å². The van der Waals surface area contributed by atoms with E-state index in [1.54, 1.807) is 0 Å². The molecular formula is C43H32N2. The number of hydrogen-bond acceptors (Lipinski definition) is 1. The molecule has 0 saturated heterocycles. The predicted molar refractivity (Wildman–Crippen MR) is 192 cm³/mol. The maximum atomic E-state index is 5.08. The van der Waals surface area contributed by atoms with Crippen LogP contribution in [0.5, 0.6) is 0 Å². The Morgan fingerprint density at radius 1 is 0.667 bits per heavy atom. The molecule has 45 heavy (non-hydrogen) atoms. The third-order valence-electron chi connectivity index (χ3n) is 8.93. The van der Waals surface area contributed by atoms with Crippen molar-refractivity contribution in [3.63, 3.8) is 0 Å². The number of para-hydroxylation sites is 3. The predicted octanol–water partition coefficient (Wildman–Crippen LogP) is 11.4. The molecule has 1 atom stereocenters. The molecule has 1 heterocycles. The molecule has 0 aliphatic heterocycles. The molecule has 1 aromatic heterocycles. The highest BCUT2D eigenvalue weighted by Gasteiger charge is 2.18. The van der Waals surface area contributed by atoms with E-state index in [1.165, 1.54) is 43.8 Å². The fourth-order valence-corrected chi connectivity index (χ4v) is 6.74. The summed E-state index contributed by atoms with van der Waals surface area (Å²) in [4.78, 5) is 5.08. The van der Waals surface area contributed by atoms with Gasteiger partial charge in [0.25, 0.3) is 0 Å². The molecule has 214 valence electrons. The molecule has 0 N–H and O–H groups in total. The standard InChI is InChI=1S/C43H32N2/c1-29-14-6-7-15-33(29)28-30(2)41-35-18-8-10-20-37(35)42(38-21-11-9-19-36(38)41)31-24-26-32(27-25-31)43-44-39-22-12-13-23-40(39)45(43)34-16-4-3-5-17-34/h3-29H,2H2,1H3/b33-28-. The zero-order chi connectivity index (χ0) is 30.3. The number of imidazole rings is 1. The Morgan fingerprint density at radius 2 is 1.27 bits per heavy atom. The van der Waals surface area contributed by atoms with Gasteiger partial charge in [0, 0.05) is 11.3 Å². The van der Waals surface area contributed by atoms with Crippen LogP contribution < -0.4 is 0 Å². The Morgan fingerprint density at radius 3 is 1.96 bits per heavy atom. The van der Waals surface area contributed by atoms with Gasteiger partial charge in [-0.3, -0.25) is 4.57 Å². The second kappa shape index (κ2) is 11.1. The molecule has 0 saturated carbocycles. The summed E-state index contributed by atoms with van der Waals surface area (Å²) >= 11 is 0. The summed E-state index contributed by atoms with van der Waals surface area (Å²) in [6.07, 6.45) is 10.9. The van der Waals surface area contributed by atoms with Crippen LogP contribution in [0.25, 0.3) is 66.4 Å². The zero-order valence-electron chi connectivity index (χ0n) is 25.2. The molecule has 0 bridgehead atoms. The number of allylic oxidation sites excluding steroid dienone is 7. The normalized spacial score (nSPS) is 15.4. The van der Waals surface area contributed by atoms with Crippen LogP contribution in [-0.2, 0) is 0 Å². The Hall–Kier alpha value is -5.73. The molecule has 0 amide bonds. The van der Waals surface area contributed by atoms with Gasteiger partial charge in [-0.1, -0.05) is 147 Å². The van der Waals surface area contributed by atoms with E-state index < -0.39 is 0 Å². The molecular weight excluding hydrogens is 544 g/mol. The van der Waals surface area contributed by atoms with E-state index in [0.717, 1.165) is 33.7 Å². The van der Waals surface area contributed by atoms with Gasteiger partial charge in [0.15, 0.2) is 0 Å². The third-order valence-corrected chi connectivity index (χ3v) is 8.93. The highest BCUT2D eigenvalue weighted by molar-refractivity contribution is 6.19. The first-order valence-electron chi connectivity index (χ1n) is 15.5. The van der Waals surface area contributed by atoms with Crippen molar-refractivity contribution in [3.05, 3.63) is 175 Å². The Kier molecular flexibility index (Phi) is 6.61. The molecule has 1 aliphatic rings. The Balaban J connectivity index is 1.30. The summed E-state index contributed by atoms with van der Waals surface area (Å²) in [5, 5.41) is 4.88. The summed E-state index contributed by atoms with van der Waals surface area (Å²) in [6, 6.07) is 45.2. The molecule has 0 radical (unpaired) electrons. The summed E-state index contributed by atoms with van der Waals surface area (Å²) in [5.41, 5.74) is 10.2. The molecule has 2 heteroatoms. The minimum Gasteiger partial charge on any atom is -0.292 e. The lowest BCUT2D eigenvalue weighted by molar-refractivity contribution is 0.884. The lowest BCUT2D eigenvalue weighted by Gasteiger charge is -2.19. The van der Waals surface area contributed by atoms with Gasteiger partial charge in [-0.15, -0.1) is 0 Å². The quantitative estimate of drug-likeness (QED) is 0.186. The SMILES string of the molecule is C=C(/C=C1/C=CC=CC1C)c1c2ccccc2c(-c2ccc(-c3nc4ccccc4n3-c3ccccc3)cc2)c2ccccc12. The number of rotatable bonds is 5. The highest BCUT2D eigenvalue weighted by atomic mass is 15.1.